The minimum absolute atomic E-state index is 0.0300. The molecule has 4 heteroatoms. The molecule has 3 N–H and O–H groups in total. The zero-order valence-electron chi connectivity index (χ0n) is 8.64. The van der Waals surface area contributed by atoms with Crippen LogP contribution in [0.3, 0.4) is 0 Å². The molecule has 0 spiro atoms. The van der Waals surface area contributed by atoms with Gasteiger partial charge in [-0.05, 0) is 24.6 Å². The Hall–Kier alpha value is -1.55. The monoisotopic (exact) mass is 209 g/mol. The average Bonchev–Trinajstić information content (AvgIpc) is 2.17. The third-order valence-corrected chi connectivity index (χ3v) is 2.04. The summed E-state index contributed by atoms with van der Waals surface area (Å²) in [4.78, 5) is 10.6. The highest BCUT2D eigenvalue weighted by atomic mass is 16.5. The van der Waals surface area contributed by atoms with Crippen molar-refractivity contribution in [2.75, 3.05) is 12.3 Å². The van der Waals surface area contributed by atoms with Crippen molar-refractivity contribution in [3.05, 3.63) is 29.8 Å². The van der Waals surface area contributed by atoms with Gasteiger partial charge in [-0.1, -0.05) is 12.1 Å². The van der Waals surface area contributed by atoms with Crippen molar-refractivity contribution >= 4 is 11.7 Å². The molecular weight excluding hydrogens is 194 g/mol. The molecule has 1 atom stereocenters. The Morgan fingerprint density at radius 1 is 1.47 bits per heavy atom. The predicted molar refractivity (Wildman–Crippen MR) is 57.5 cm³/mol. The van der Waals surface area contributed by atoms with E-state index in [0.717, 1.165) is 5.56 Å². The lowest BCUT2D eigenvalue weighted by Gasteiger charge is -2.15. The summed E-state index contributed by atoms with van der Waals surface area (Å²) in [5.74, 6) is -0.870. The zero-order valence-corrected chi connectivity index (χ0v) is 8.64. The van der Waals surface area contributed by atoms with Gasteiger partial charge in [-0.3, -0.25) is 4.79 Å². The van der Waals surface area contributed by atoms with Crippen molar-refractivity contribution in [3.8, 4) is 0 Å². The first kappa shape index (κ1) is 11.5. The van der Waals surface area contributed by atoms with Gasteiger partial charge in [0.2, 0.25) is 0 Å². The van der Waals surface area contributed by atoms with Crippen LogP contribution in [-0.2, 0) is 9.53 Å². The lowest BCUT2D eigenvalue weighted by Crippen LogP contribution is -2.10. The van der Waals surface area contributed by atoms with E-state index in [1.807, 2.05) is 6.92 Å². The van der Waals surface area contributed by atoms with Gasteiger partial charge in [-0.15, -0.1) is 0 Å². The summed E-state index contributed by atoms with van der Waals surface area (Å²) in [7, 11) is 0. The Balaban J connectivity index is 2.78. The summed E-state index contributed by atoms with van der Waals surface area (Å²) in [6.07, 6.45) is -0.425. The molecule has 0 heterocycles. The summed E-state index contributed by atoms with van der Waals surface area (Å²) in [5.41, 5.74) is 7.04. The van der Waals surface area contributed by atoms with Gasteiger partial charge in [-0.2, -0.15) is 0 Å². The SMILES string of the molecule is CCOC(CC(=O)O)c1ccc(N)cc1. The molecule has 15 heavy (non-hydrogen) atoms. The van der Waals surface area contributed by atoms with E-state index < -0.39 is 12.1 Å². The number of ether oxygens (including phenoxy) is 1. The van der Waals surface area contributed by atoms with Crippen molar-refractivity contribution in [2.24, 2.45) is 0 Å². The number of carboxylic acid groups (broad SMARTS) is 1. The highest BCUT2D eigenvalue weighted by Gasteiger charge is 2.15. The van der Waals surface area contributed by atoms with E-state index in [1.165, 1.54) is 0 Å². The van der Waals surface area contributed by atoms with E-state index in [4.69, 9.17) is 15.6 Å². The molecule has 0 aliphatic carbocycles. The summed E-state index contributed by atoms with van der Waals surface area (Å²) in [6.45, 7) is 2.33. The van der Waals surface area contributed by atoms with Crippen LogP contribution in [0.25, 0.3) is 0 Å². The largest absolute Gasteiger partial charge is 0.481 e. The van der Waals surface area contributed by atoms with Crippen molar-refractivity contribution in [1.82, 2.24) is 0 Å². The standard InChI is InChI=1S/C11H15NO3/c1-2-15-10(7-11(13)14)8-3-5-9(12)6-4-8/h3-6,10H,2,7,12H2,1H3,(H,13,14). The van der Waals surface area contributed by atoms with Crippen LogP contribution in [0.15, 0.2) is 24.3 Å². The predicted octanol–water partition coefficient (Wildman–Crippen LogP) is 1.82. The van der Waals surface area contributed by atoms with Crippen LogP contribution < -0.4 is 5.73 Å². The minimum atomic E-state index is -0.870. The molecule has 0 bridgehead atoms. The molecule has 1 unspecified atom stereocenters. The highest BCUT2D eigenvalue weighted by Crippen LogP contribution is 2.22. The Morgan fingerprint density at radius 2 is 2.07 bits per heavy atom. The smallest absolute Gasteiger partial charge is 0.306 e. The van der Waals surface area contributed by atoms with Gasteiger partial charge in [0.15, 0.2) is 0 Å². The molecule has 0 saturated carbocycles. The molecule has 4 nitrogen and oxygen atoms in total. The molecule has 0 aliphatic heterocycles. The van der Waals surface area contributed by atoms with Crippen LogP contribution in [-0.4, -0.2) is 17.7 Å². The molecule has 0 fully saturated rings. The van der Waals surface area contributed by atoms with E-state index in [1.54, 1.807) is 24.3 Å². The number of rotatable bonds is 5. The zero-order chi connectivity index (χ0) is 11.3. The first-order chi connectivity index (χ1) is 7.13. The second-order valence-electron chi connectivity index (χ2n) is 3.21. The van der Waals surface area contributed by atoms with Gasteiger partial charge < -0.3 is 15.6 Å². The lowest BCUT2D eigenvalue weighted by molar-refractivity contribution is -0.140. The van der Waals surface area contributed by atoms with Crippen molar-refractivity contribution < 1.29 is 14.6 Å². The maximum Gasteiger partial charge on any atom is 0.306 e. The molecule has 0 amide bonds. The van der Waals surface area contributed by atoms with Crippen LogP contribution in [0, 0.1) is 0 Å². The van der Waals surface area contributed by atoms with E-state index in [2.05, 4.69) is 0 Å². The third kappa shape index (κ3) is 3.59. The number of anilines is 1. The van der Waals surface area contributed by atoms with E-state index in [9.17, 15) is 4.79 Å². The summed E-state index contributed by atoms with van der Waals surface area (Å²) in [6, 6.07) is 7.06. The first-order valence-corrected chi connectivity index (χ1v) is 4.82. The summed E-state index contributed by atoms with van der Waals surface area (Å²) in [5, 5.41) is 8.72. The number of hydrogen-bond acceptors (Lipinski definition) is 3. The second-order valence-corrected chi connectivity index (χ2v) is 3.21. The van der Waals surface area contributed by atoms with Gasteiger partial charge in [-0.25, -0.2) is 0 Å². The van der Waals surface area contributed by atoms with Crippen LogP contribution in [0.2, 0.25) is 0 Å². The number of nitrogen functional groups attached to an aromatic ring is 1. The van der Waals surface area contributed by atoms with Crippen LogP contribution in [0.4, 0.5) is 5.69 Å². The van der Waals surface area contributed by atoms with Crippen molar-refractivity contribution in [1.29, 1.82) is 0 Å². The van der Waals surface area contributed by atoms with E-state index in [0.29, 0.717) is 12.3 Å². The number of benzene rings is 1. The number of carboxylic acids is 1. The number of carbonyl (C=O) groups is 1. The third-order valence-electron chi connectivity index (χ3n) is 2.04. The van der Waals surface area contributed by atoms with Gasteiger partial charge in [0.25, 0.3) is 0 Å². The maximum atomic E-state index is 10.6. The van der Waals surface area contributed by atoms with E-state index in [-0.39, 0.29) is 6.42 Å². The minimum Gasteiger partial charge on any atom is -0.481 e. The van der Waals surface area contributed by atoms with Gasteiger partial charge in [0.1, 0.15) is 0 Å². The topological polar surface area (TPSA) is 72.5 Å². The van der Waals surface area contributed by atoms with E-state index >= 15 is 0 Å². The fraction of sp³-hybridized carbons (Fsp3) is 0.364. The molecule has 1 aromatic rings. The second kappa shape index (κ2) is 5.36. The van der Waals surface area contributed by atoms with Crippen LogP contribution in [0.1, 0.15) is 25.0 Å². The Morgan fingerprint density at radius 3 is 2.53 bits per heavy atom. The van der Waals surface area contributed by atoms with Gasteiger partial charge in [0.05, 0.1) is 12.5 Å². The fourth-order valence-corrected chi connectivity index (χ4v) is 1.34. The van der Waals surface area contributed by atoms with Crippen LogP contribution >= 0.6 is 0 Å². The molecule has 0 aliphatic rings. The molecule has 82 valence electrons. The lowest BCUT2D eigenvalue weighted by atomic mass is 10.1. The summed E-state index contributed by atoms with van der Waals surface area (Å²) < 4.78 is 5.36. The first-order valence-electron chi connectivity index (χ1n) is 4.82. The quantitative estimate of drug-likeness (QED) is 0.725. The Labute approximate surface area is 88.7 Å². The molecule has 0 aromatic heterocycles. The number of nitrogens with two attached hydrogens (primary N) is 1. The maximum absolute atomic E-state index is 10.6. The van der Waals surface area contributed by atoms with Crippen LogP contribution in [0.5, 0.6) is 0 Å². The molecule has 1 rings (SSSR count). The van der Waals surface area contributed by atoms with Gasteiger partial charge >= 0.3 is 5.97 Å². The van der Waals surface area contributed by atoms with Gasteiger partial charge in [0, 0.05) is 12.3 Å². The highest BCUT2D eigenvalue weighted by molar-refractivity contribution is 5.67. The molecular formula is C11H15NO3. The normalized spacial score (nSPS) is 12.3. The Bertz CT molecular complexity index is 321. The number of hydrogen-bond donors (Lipinski definition) is 2. The number of aliphatic carboxylic acids is 1. The molecule has 0 saturated heterocycles. The molecule has 1 aromatic carbocycles. The van der Waals surface area contributed by atoms with Crippen molar-refractivity contribution in [3.63, 3.8) is 0 Å². The van der Waals surface area contributed by atoms with Crippen molar-refractivity contribution in [2.45, 2.75) is 19.4 Å². The average molecular weight is 209 g/mol. The fourth-order valence-electron chi connectivity index (χ4n) is 1.34. The summed E-state index contributed by atoms with van der Waals surface area (Å²) >= 11 is 0. The molecule has 0 radical (unpaired) electrons. The Kier molecular flexibility index (Phi) is 4.12.